The van der Waals surface area contributed by atoms with Crippen LogP contribution in [0, 0.1) is 0 Å². The molecule has 31 heavy (non-hydrogen) atoms. The summed E-state index contributed by atoms with van der Waals surface area (Å²) in [5, 5.41) is 8.45. The fourth-order valence-electron chi connectivity index (χ4n) is 3.82. The lowest BCUT2D eigenvalue weighted by Crippen LogP contribution is -2.38. The fraction of sp³-hybridized carbons (Fsp3) is 0.478. The molecule has 3 heterocycles. The number of ether oxygens (including phenoxy) is 1. The van der Waals surface area contributed by atoms with Gasteiger partial charge in [-0.2, -0.15) is 10.1 Å². The molecule has 0 atom stereocenters. The van der Waals surface area contributed by atoms with Gasteiger partial charge in [-0.05, 0) is 56.5 Å². The van der Waals surface area contributed by atoms with E-state index in [9.17, 15) is 4.79 Å². The van der Waals surface area contributed by atoms with E-state index in [4.69, 9.17) is 9.26 Å². The third-order valence-corrected chi connectivity index (χ3v) is 5.69. The molecule has 1 fully saturated rings. The molecule has 2 aromatic heterocycles. The van der Waals surface area contributed by atoms with Gasteiger partial charge in [-0.15, -0.1) is 0 Å². The van der Waals surface area contributed by atoms with Gasteiger partial charge in [-0.1, -0.05) is 18.5 Å². The van der Waals surface area contributed by atoms with Gasteiger partial charge in [0.2, 0.25) is 0 Å². The number of aryl methyl sites for hydroxylation is 1. The fourth-order valence-corrected chi connectivity index (χ4v) is 3.82. The van der Waals surface area contributed by atoms with Crippen LogP contribution in [0.4, 0.5) is 0 Å². The smallest absolute Gasteiger partial charge is 0.276 e. The van der Waals surface area contributed by atoms with Crippen molar-refractivity contribution in [3.63, 3.8) is 0 Å². The van der Waals surface area contributed by atoms with Crippen molar-refractivity contribution in [1.29, 1.82) is 0 Å². The Hall–Kier alpha value is -3.16. The van der Waals surface area contributed by atoms with E-state index in [0.29, 0.717) is 37.0 Å². The molecule has 1 saturated heterocycles. The van der Waals surface area contributed by atoms with Crippen molar-refractivity contribution in [1.82, 2.24) is 24.8 Å². The Balaban J connectivity index is 1.33. The Morgan fingerprint density at radius 2 is 1.94 bits per heavy atom. The van der Waals surface area contributed by atoms with Gasteiger partial charge in [0.25, 0.3) is 11.8 Å². The van der Waals surface area contributed by atoms with Crippen molar-refractivity contribution >= 4 is 5.91 Å². The molecule has 8 nitrogen and oxygen atoms in total. The average molecular weight is 424 g/mol. The first-order chi connectivity index (χ1) is 15.2. The highest BCUT2D eigenvalue weighted by molar-refractivity contribution is 5.94. The van der Waals surface area contributed by atoms with Gasteiger partial charge in [0.05, 0.1) is 6.61 Å². The summed E-state index contributed by atoms with van der Waals surface area (Å²) in [6, 6.07) is 9.31. The summed E-state index contributed by atoms with van der Waals surface area (Å²) in [7, 11) is 0. The third kappa shape index (κ3) is 4.78. The van der Waals surface area contributed by atoms with Crippen molar-refractivity contribution in [2.45, 2.75) is 52.0 Å². The lowest BCUT2D eigenvalue weighted by molar-refractivity contribution is 0.0710. The first-order valence-electron chi connectivity index (χ1n) is 11.1. The molecule has 0 radical (unpaired) electrons. The number of nitrogens with zero attached hydrogens (tertiary/aromatic N) is 5. The molecule has 3 aromatic rings. The summed E-state index contributed by atoms with van der Waals surface area (Å²) in [6.45, 7) is 6.95. The second-order valence-electron chi connectivity index (χ2n) is 7.78. The van der Waals surface area contributed by atoms with E-state index in [1.54, 1.807) is 6.20 Å². The molecule has 1 aliphatic rings. The first-order valence-corrected chi connectivity index (χ1v) is 11.1. The number of amides is 1. The molecule has 0 bridgehead atoms. The predicted molar refractivity (Wildman–Crippen MR) is 116 cm³/mol. The molecule has 0 aliphatic carbocycles. The minimum Gasteiger partial charge on any atom is -0.494 e. The number of likely N-dealkylation sites (tertiary alicyclic amines) is 1. The van der Waals surface area contributed by atoms with Crippen LogP contribution < -0.4 is 4.74 Å². The zero-order valence-corrected chi connectivity index (χ0v) is 18.2. The van der Waals surface area contributed by atoms with Crippen LogP contribution in [0.5, 0.6) is 5.75 Å². The summed E-state index contributed by atoms with van der Waals surface area (Å²) >= 11 is 0. The predicted octanol–water partition coefficient (Wildman–Crippen LogP) is 4.15. The van der Waals surface area contributed by atoms with Gasteiger partial charge in [-0.3, -0.25) is 9.48 Å². The first kappa shape index (κ1) is 21.1. The van der Waals surface area contributed by atoms with Crippen LogP contribution in [-0.2, 0) is 6.54 Å². The molecular formula is C23H29N5O3. The lowest BCUT2D eigenvalue weighted by Gasteiger charge is -2.30. The number of piperidine rings is 1. The van der Waals surface area contributed by atoms with Gasteiger partial charge in [0.15, 0.2) is 5.82 Å². The molecule has 0 unspecified atom stereocenters. The van der Waals surface area contributed by atoms with Crippen LogP contribution in [0.2, 0.25) is 0 Å². The number of benzene rings is 1. The number of hydrogen-bond acceptors (Lipinski definition) is 6. The van der Waals surface area contributed by atoms with Crippen molar-refractivity contribution in [3.8, 4) is 17.3 Å². The minimum absolute atomic E-state index is 0.0548. The number of aromatic nitrogens is 4. The maximum absolute atomic E-state index is 12.9. The van der Waals surface area contributed by atoms with E-state index < -0.39 is 0 Å². The van der Waals surface area contributed by atoms with Gasteiger partial charge >= 0.3 is 0 Å². The van der Waals surface area contributed by atoms with Gasteiger partial charge in [-0.25, -0.2) is 0 Å². The van der Waals surface area contributed by atoms with Crippen LogP contribution in [0.25, 0.3) is 11.6 Å². The molecule has 0 saturated carbocycles. The van der Waals surface area contributed by atoms with E-state index in [2.05, 4.69) is 22.2 Å². The van der Waals surface area contributed by atoms with Crippen molar-refractivity contribution in [3.05, 3.63) is 47.9 Å². The number of unbranched alkanes of at least 4 members (excludes halogenated alkanes) is 1. The Morgan fingerprint density at radius 3 is 2.65 bits per heavy atom. The largest absolute Gasteiger partial charge is 0.494 e. The summed E-state index contributed by atoms with van der Waals surface area (Å²) < 4.78 is 13.0. The van der Waals surface area contributed by atoms with Crippen LogP contribution in [-0.4, -0.2) is 50.4 Å². The van der Waals surface area contributed by atoms with Crippen molar-refractivity contribution in [2.75, 3.05) is 19.7 Å². The molecule has 1 amide bonds. The molecule has 4 rings (SSSR count). The Labute approximate surface area is 182 Å². The average Bonchev–Trinajstić information content (AvgIpc) is 3.49. The van der Waals surface area contributed by atoms with Crippen molar-refractivity contribution < 1.29 is 14.1 Å². The summed E-state index contributed by atoms with van der Waals surface area (Å²) in [5.41, 5.74) is 1.52. The second kappa shape index (κ2) is 9.76. The monoisotopic (exact) mass is 423 g/mol. The van der Waals surface area contributed by atoms with Gasteiger partial charge in [0.1, 0.15) is 11.4 Å². The molecular weight excluding hydrogens is 394 g/mol. The molecule has 0 spiro atoms. The van der Waals surface area contributed by atoms with Crippen LogP contribution >= 0.6 is 0 Å². The van der Waals surface area contributed by atoms with Crippen LogP contribution in [0.3, 0.4) is 0 Å². The van der Waals surface area contributed by atoms with Crippen molar-refractivity contribution in [2.24, 2.45) is 0 Å². The molecule has 1 aliphatic heterocycles. The maximum atomic E-state index is 12.9. The minimum atomic E-state index is 0.0548. The lowest BCUT2D eigenvalue weighted by atomic mass is 9.95. The van der Waals surface area contributed by atoms with E-state index in [1.807, 2.05) is 46.8 Å². The van der Waals surface area contributed by atoms with Gasteiger partial charge in [0, 0.05) is 37.3 Å². The van der Waals surface area contributed by atoms with E-state index in [0.717, 1.165) is 43.7 Å². The Bertz CT molecular complexity index is 987. The normalized spacial score (nSPS) is 14.7. The maximum Gasteiger partial charge on any atom is 0.276 e. The summed E-state index contributed by atoms with van der Waals surface area (Å²) in [6.07, 6.45) is 5.49. The summed E-state index contributed by atoms with van der Waals surface area (Å²) in [5.74, 6) is 2.25. The molecule has 0 N–H and O–H groups in total. The van der Waals surface area contributed by atoms with E-state index >= 15 is 0 Å². The quantitative estimate of drug-likeness (QED) is 0.506. The molecule has 8 heteroatoms. The van der Waals surface area contributed by atoms with Crippen LogP contribution in [0.1, 0.15) is 61.6 Å². The zero-order chi connectivity index (χ0) is 21.6. The standard InChI is InChI=1S/C23H29N5O3/c1-3-5-16-30-19-8-6-18(7-9-19)23(29)27-14-11-17(12-15-27)21-25-22(31-26-21)20-10-13-24-28(20)4-2/h6-10,13,17H,3-5,11-12,14-16H2,1-2H3. The molecule has 164 valence electrons. The van der Waals surface area contributed by atoms with E-state index in [-0.39, 0.29) is 11.8 Å². The topological polar surface area (TPSA) is 86.3 Å². The highest BCUT2D eigenvalue weighted by Gasteiger charge is 2.28. The second-order valence-corrected chi connectivity index (χ2v) is 7.78. The summed E-state index contributed by atoms with van der Waals surface area (Å²) in [4.78, 5) is 19.4. The van der Waals surface area contributed by atoms with Crippen LogP contribution in [0.15, 0.2) is 41.1 Å². The third-order valence-electron chi connectivity index (χ3n) is 5.69. The van der Waals surface area contributed by atoms with E-state index in [1.165, 1.54) is 0 Å². The number of hydrogen-bond donors (Lipinski definition) is 0. The SMILES string of the molecule is CCCCOc1ccc(C(=O)N2CCC(c3noc(-c4ccnn4CC)n3)CC2)cc1. The highest BCUT2D eigenvalue weighted by atomic mass is 16.5. The Kier molecular flexibility index (Phi) is 6.64. The zero-order valence-electron chi connectivity index (χ0n) is 18.2. The number of carbonyl (C=O) groups is 1. The number of carbonyl (C=O) groups excluding carboxylic acids is 1. The van der Waals surface area contributed by atoms with Gasteiger partial charge < -0.3 is 14.2 Å². The Morgan fingerprint density at radius 1 is 1.16 bits per heavy atom. The highest BCUT2D eigenvalue weighted by Crippen LogP contribution is 2.29. The molecule has 1 aromatic carbocycles. The number of rotatable bonds is 8.